The minimum atomic E-state index is -0.272. The fourth-order valence-electron chi connectivity index (χ4n) is 1.13. The lowest BCUT2D eigenvalue weighted by Crippen LogP contribution is -2.04. The molecule has 0 fully saturated rings. The maximum absolute atomic E-state index is 11.2. The molecule has 1 aromatic heterocycles. The standard InChI is InChI=1S/C10H13BrO2/c1-3-4-5-8-6-7(2)9(11)10(12)13-8/h6H,3-5H2,1-2H3. The highest BCUT2D eigenvalue weighted by atomic mass is 79.9. The van der Waals surface area contributed by atoms with Crippen molar-refractivity contribution >= 4 is 15.9 Å². The Hall–Kier alpha value is -0.570. The molecule has 0 radical (unpaired) electrons. The molecule has 13 heavy (non-hydrogen) atoms. The Kier molecular flexibility index (Phi) is 3.72. The second-order valence-corrected chi connectivity index (χ2v) is 3.89. The van der Waals surface area contributed by atoms with Crippen LogP contribution >= 0.6 is 15.9 Å². The smallest absolute Gasteiger partial charge is 0.350 e. The summed E-state index contributed by atoms with van der Waals surface area (Å²) in [6.45, 7) is 4.01. The molecule has 1 aromatic rings. The first-order valence-corrected chi connectivity index (χ1v) is 5.23. The second-order valence-electron chi connectivity index (χ2n) is 3.10. The molecule has 0 bridgehead atoms. The van der Waals surface area contributed by atoms with Crippen molar-refractivity contribution in [3.63, 3.8) is 0 Å². The molecule has 3 heteroatoms. The van der Waals surface area contributed by atoms with Crippen LogP contribution in [0.2, 0.25) is 0 Å². The summed E-state index contributed by atoms with van der Waals surface area (Å²) in [6.07, 6.45) is 3.02. The number of hydrogen-bond acceptors (Lipinski definition) is 2. The molecule has 0 N–H and O–H groups in total. The van der Waals surface area contributed by atoms with Crippen LogP contribution in [-0.4, -0.2) is 0 Å². The second kappa shape index (κ2) is 4.61. The van der Waals surface area contributed by atoms with E-state index in [9.17, 15) is 4.79 Å². The van der Waals surface area contributed by atoms with Crippen LogP contribution < -0.4 is 5.63 Å². The van der Waals surface area contributed by atoms with E-state index < -0.39 is 0 Å². The van der Waals surface area contributed by atoms with Gasteiger partial charge in [0.2, 0.25) is 0 Å². The van der Waals surface area contributed by atoms with Gasteiger partial charge in [-0.3, -0.25) is 0 Å². The van der Waals surface area contributed by atoms with Gasteiger partial charge < -0.3 is 4.42 Å². The van der Waals surface area contributed by atoms with Crippen LogP contribution in [-0.2, 0) is 6.42 Å². The van der Waals surface area contributed by atoms with Crippen LogP contribution in [0.4, 0.5) is 0 Å². The van der Waals surface area contributed by atoms with Crippen molar-refractivity contribution in [3.05, 3.63) is 32.3 Å². The van der Waals surface area contributed by atoms with Gasteiger partial charge in [-0.25, -0.2) is 4.79 Å². The third kappa shape index (κ3) is 2.69. The Balaban J connectivity index is 2.93. The number of rotatable bonds is 3. The van der Waals surface area contributed by atoms with E-state index in [0.717, 1.165) is 30.6 Å². The third-order valence-corrected chi connectivity index (χ3v) is 2.85. The molecule has 0 unspecified atom stereocenters. The molecular formula is C10H13BrO2. The molecule has 0 saturated carbocycles. The van der Waals surface area contributed by atoms with Crippen LogP contribution in [0.15, 0.2) is 19.8 Å². The van der Waals surface area contributed by atoms with Gasteiger partial charge in [0.05, 0.1) is 0 Å². The molecule has 0 amide bonds. The molecule has 72 valence electrons. The summed E-state index contributed by atoms with van der Waals surface area (Å²) < 4.78 is 5.62. The summed E-state index contributed by atoms with van der Waals surface area (Å²) in [4.78, 5) is 11.2. The van der Waals surface area contributed by atoms with Gasteiger partial charge in [-0.1, -0.05) is 13.3 Å². The van der Waals surface area contributed by atoms with Gasteiger partial charge in [0.15, 0.2) is 0 Å². The quantitative estimate of drug-likeness (QED) is 0.819. The van der Waals surface area contributed by atoms with E-state index in [1.165, 1.54) is 0 Å². The van der Waals surface area contributed by atoms with Gasteiger partial charge in [-0.15, -0.1) is 0 Å². The predicted octanol–water partition coefficient (Wildman–Crippen LogP) is 3.05. The summed E-state index contributed by atoms with van der Waals surface area (Å²) >= 11 is 3.18. The lowest BCUT2D eigenvalue weighted by atomic mass is 10.2. The number of aryl methyl sites for hydroxylation is 2. The Morgan fingerprint density at radius 3 is 2.77 bits per heavy atom. The van der Waals surface area contributed by atoms with Gasteiger partial charge in [0.25, 0.3) is 0 Å². The molecule has 1 rings (SSSR count). The van der Waals surface area contributed by atoms with E-state index in [4.69, 9.17) is 4.42 Å². The SMILES string of the molecule is CCCCc1cc(C)c(Br)c(=O)o1. The van der Waals surface area contributed by atoms with E-state index in [2.05, 4.69) is 22.9 Å². The number of unbranched alkanes of at least 4 members (excludes halogenated alkanes) is 1. The molecule has 0 saturated heterocycles. The topological polar surface area (TPSA) is 30.2 Å². The maximum Gasteiger partial charge on any atom is 0.350 e. The van der Waals surface area contributed by atoms with E-state index in [1.807, 2.05) is 13.0 Å². The van der Waals surface area contributed by atoms with Crippen LogP contribution in [0.1, 0.15) is 31.1 Å². The zero-order valence-corrected chi connectivity index (χ0v) is 9.48. The van der Waals surface area contributed by atoms with E-state index in [1.54, 1.807) is 0 Å². The Morgan fingerprint density at radius 2 is 2.23 bits per heavy atom. The van der Waals surface area contributed by atoms with Gasteiger partial charge >= 0.3 is 5.63 Å². The summed E-state index contributed by atoms with van der Waals surface area (Å²) in [6, 6.07) is 1.92. The third-order valence-electron chi connectivity index (χ3n) is 1.90. The zero-order valence-electron chi connectivity index (χ0n) is 7.89. The van der Waals surface area contributed by atoms with E-state index >= 15 is 0 Å². The molecule has 0 aromatic carbocycles. The molecule has 0 aliphatic rings. The first-order chi connectivity index (χ1) is 6.15. The average molecular weight is 245 g/mol. The monoisotopic (exact) mass is 244 g/mol. The van der Waals surface area contributed by atoms with Crippen molar-refractivity contribution in [2.75, 3.05) is 0 Å². The zero-order chi connectivity index (χ0) is 9.84. The molecule has 0 atom stereocenters. The van der Waals surface area contributed by atoms with Crippen LogP contribution in [0.3, 0.4) is 0 Å². The van der Waals surface area contributed by atoms with Gasteiger partial charge in [0.1, 0.15) is 10.2 Å². The largest absolute Gasteiger partial charge is 0.427 e. The summed E-state index contributed by atoms with van der Waals surface area (Å²) in [5, 5.41) is 0. The maximum atomic E-state index is 11.2. The Bertz CT molecular complexity index is 341. The minimum Gasteiger partial charge on any atom is -0.427 e. The lowest BCUT2D eigenvalue weighted by molar-refractivity contribution is 0.448. The highest BCUT2D eigenvalue weighted by molar-refractivity contribution is 9.10. The minimum absolute atomic E-state index is 0.272. The first-order valence-electron chi connectivity index (χ1n) is 4.44. The summed E-state index contributed by atoms with van der Waals surface area (Å²) in [5.74, 6) is 0.785. The van der Waals surface area contributed by atoms with Crippen molar-refractivity contribution < 1.29 is 4.42 Å². The lowest BCUT2D eigenvalue weighted by Gasteiger charge is -2.00. The predicted molar refractivity (Wildman–Crippen MR) is 56.0 cm³/mol. The van der Waals surface area contributed by atoms with Crippen molar-refractivity contribution in [1.29, 1.82) is 0 Å². The van der Waals surface area contributed by atoms with Crippen LogP contribution in [0.25, 0.3) is 0 Å². The molecule has 2 nitrogen and oxygen atoms in total. The normalized spacial score (nSPS) is 10.4. The number of hydrogen-bond donors (Lipinski definition) is 0. The Labute approximate surface area is 86.1 Å². The van der Waals surface area contributed by atoms with Crippen molar-refractivity contribution in [1.82, 2.24) is 0 Å². The first kappa shape index (κ1) is 10.5. The van der Waals surface area contributed by atoms with E-state index in [0.29, 0.717) is 4.47 Å². The van der Waals surface area contributed by atoms with Crippen molar-refractivity contribution in [2.24, 2.45) is 0 Å². The van der Waals surface area contributed by atoms with Crippen LogP contribution in [0.5, 0.6) is 0 Å². The molecule has 0 aliphatic carbocycles. The van der Waals surface area contributed by atoms with Crippen molar-refractivity contribution in [3.8, 4) is 0 Å². The van der Waals surface area contributed by atoms with Gasteiger partial charge in [-0.05, 0) is 40.9 Å². The average Bonchev–Trinajstić information content (AvgIpc) is 2.10. The molecule has 0 spiro atoms. The fourth-order valence-corrected chi connectivity index (χ4v) is 1.33. The van der Waals surface area contributed by atoms with Gasteiger partial charge in [-0.2, -0.15) is 0 Å². The number of halogens is 1. The van der Waals surface area contributed by atoms with Crippen LogP contribution in [0, 0.1) is 6.92 Å². The Morgan fingerprint density at radius 1 is 1.54 bits per heavy atom. The molecule has 0 aliphatic heterocycles. The molecule has 1 heterocycles. The summed E-state index contributed by atoms with van der Waals surface area (Å²) in [5.41, 5.74) is 0.674. The molecular weight excluding hydrogens is 232 g/mol. The highest BCUT2D eigenvalue weighted by Gasteiger charge is 2.04. The van der Waals surface area contributed by atoms with Crippen molar-refractivity contribution in [2.45, 2.75) is 33.1 Å². The van der Waals surface area contributed by atoms with Gasteiger partial charge in [0, 0.05) is 6.42 Å². The fraction of sp³-hybridized carbons (Fsp3) is 0.500. The van der Waals surface area contributed by atoms with E-state index in [-0.39, 0.29) is 5.63 Å². The summed E-state index contributed by atoms with van der Waals surface area (Å²) in [7, 11) is 0. The highest BCUT2D eigenvalue weighted by Crippen LogP contribution is 2.13.